The van der Waals surface area contributed by atoms with Gasteiger partial charge in [0.2, 0.25) is 0 Å². The largest absolute Gasteiger partial charge is 0.393 e. The van der Waals surface area contributed by atoms with Crippen LogP contribution in [-0.2, 0) is 7.05 Å². The third-order valence-electron chi connectivity index (χ3n) is 2.22. The topological polar surface area (TPSA) is 64.2 Å². The molecule has 5 nitrogen and oxygen atoms in total. The lowest BCUT2D eigenvalue weighted by Crippen LogP contribution is -2.33. The number of nitrogens with two attached hydrogens (primary N) is 1. The molecular weight excluding hydrogens is 224 g/mol. The van der Waals surface area contributed by atoms with Gasteiger partial charge < -0.3 is 15.2 Å². The fourth-order valence-corrected chi connectivity index (χ4v) is 1.42. The van der Waals surface area contributed by atoms with Crippen molar-refractivity contribution in [3.05, 3.63) is 18.2 Å². The molecule has 0 aliphatic carbocycles. The highest BCUT2D eigenvalue weighted by Crippen LogP contribution is 2.02. The van der Waals surface area contributed by atoms with Gasteiger partial charge in [0.1, 0.15) is 5.69 Å². The summed E-state index contributed by atoms with van der Waals surface area (Å²) in [5, 5.41) is 0. The third kappa shape index (κ3) is 3.30. The molecule has 6 heteroatoms. The van der Waals surface area contributed by atoms with Gasteiger partial charge in [0, 0.05) is 32.8 Å². The predicted octanol–water partition coefficient (Wildman–Crippen LogP) is 0.558. The van der Waals surface area contributed by atoms with Gasteiger partial charge in [-0.1, -0.05) is 12.2 Å². The summed E-state index contributed by atoms with van der Waals surface area (Å²) < 4.78 is 1.74. The number of hydrogen-bond acceptors (Lipinski definition) is 3. The summed E-state index contributed by atoms with van der Waals surface area (Å²) in [6.07, 6.45) is 3.85. The van der Waals surface area contributed by atoms with Crippen LogP contribution in [0.25, 0.3) is 0 Å². The van der Waals surface area contributed by atoms with Gasteiger partial charge in [-0.05, 0) is 6.92 Å². The van der Waals surface area contributed by atoms with Gasteiger partial charge in [-0.15, -0.1) is 0 Å². The Morgan fingerprint density at radius 1 is 1.69 bits per heavy atom. The minimum atomic E-state index is -0.0839. The molecular formula is C10H16N4OS. The third-order valence-corrected chi connectivity index (χ3v) is 2.43. The van der Waals surface area contributed by atoms with Crippen molar-refractivity contribution >= 4 is 23.1 Å². The number of hydrogen-bond donors (Lipinski definition) is 1. The lowest BCUT2D eigenvalue weighted by Gasteiger charge is -2.19. The first-order chi connectivity index (χ1) is 7.54. The van der Waals surface area contributed by atoms with E-state index >= 15 is 0 Å². The Bertz CT molecular complexity index is 388. The van der Waals surface area contributed by atoms with Crippen molar-refractivity contribution in [2.24, 2.45) is 12.8 Å². The lowest BCUT2D eigenvalue weighted by atomic mass is 10.3. The molecule has 0 aliphatic heterocycles. The number of imidazole rings is 1. The van der Waals surface area contributed by atoms with Crippen molar-refractivity contribution < 1.29 is 4.79 Å². The first-order valence-electron chi connectivity index (χ1n) is 5.10. The summed E-state index contributed by atoms with van der Waals surface area (Å²) in [5.41, 5.74) is 5.86. The van der Waals surface area contributed by atoms with Crippen LogP contribution in [0, 0.1) is 0 Å². The van der Waals surface area contributed by atoms with Gasteiger partial charge in [-0.3, -0.25) is 4.79 Å². The van der Waals surface area contributed by atoms with E-state index in [9.17, 15) is 4.79 Å². The van der Waals surface area contributed by atoms with E-state index in [1.807, 2.05) is 14.0 Å². The van der Waals surface area contributed by atoms with Crippen LogP contribution in [0.1, 0.15) is 23.8 Å². The molecule has 1 heterocycles. The molecule has 0 bridgehead atoms. The molecule has 88 valence electrons. The molecule has 2 N–H and O–H groups in total. The molecule has 0 saturated heterocycles. The van der Waals surface area contributed by atoms with E-state index in [-0.39, 0.29) is 5.91 Å². The number of carbonyl (C=O) groups excluding carboxylic acids is 1. The number of aryl methyl sites for hydroxylation is 1. The van der Waals surface area contributed by atoms with Gasteiger partial charge in [0.25, 0.3) is 5.91 Å². The molecule has 1 aromatic heterocycles. The Morgan fingerprint density at radius 2 is 2.38 bits per heavy atom. The van der Waals surface area contributed by atoms with E-state index < -0.39 is 0 Å². The van der Waals surface area contributed by atoms with Gasteiger partial charge in [-0.2, -0.15) is 0 Å². The number of carbonyl (C=O) groups is 1. The minimum absolute atomic E-state index is 0.0839. The summed E-state index contributed by atoms with van der Waals surface area (Å²) in [4.78, 5) is 18.1. The predicted molar refractivity (Wildman–Crippen MR) is 66.2 cm³/mol. The van der Waals surface area contributed by atoms with Crippen molar-refractivity contribution in [3.63, 3.8) is 0 Å². The average molecular weight is 240 g/mol. The number of aromatic nitrogens is 2. The van der Waals surface area contributed by atoms with E-state index in [0.717, 1.165) is 0 Å². The molecule has 16 heavy (non-hydrogen) atoms. The van der Waals surface area contributed by atoms with Crippen LogP contribution < -0.4 is 5.73 Å². The highest BCUT2D eigenvalue weighted by atomic mass is 32.1. The van der Waals surface area contributed by atoms with Gasteiger partial charge >= 0.3 is 0 Å². The van der Waals surface area contributed by atoms with Crippen molar-refractivity contribution in [3.8, 4) is 0 Å². The van der Waals surface area contributed by atoms with Gasteiger partial charge in [-0.25, -0.2) is 4.98 Å². The Labute approximate surface area is 100 Å². The zero-order valence-corrected chi connectivity index (χ0v) is 10.3. The second-order valence-electron chi connectivity index (χ2n) is 3.53. The van der Waals surface area contributed by atoms with E-state index in [0.29, 0.717) is 30.2 Å². The van der Waals surface area contributed by atoms with E-state index in [2.05, 4.69) is 4.98 Å². The Hall–Kier alpha value is -1.43. The maximum Gasteiger partial charge on any atom is 0.274 e. The average Bonchev–Trinajstić information content (AvgIpc) is 2.65. The molecule has 0 radical (unpaired) electrons. The Balaban J connectivity index is 2.66. The lowest BCUT2D eigenvalue weighted by molar-refractivity contribution is 0.0763. The zero-order valence-electron chi connectivity index (χ0n) is 9.51. The van der Waals surface area contributed by atoms with Gasteiger partial charge in [0.15, 0.2) is 0 Å². The first-order valence-corrected chi connectivity index (χ1v) is 5.51. The highest BCUT2D eigenvalue weighted by Gasteiger charge is 2.16. The number of nitrogens with zero attached hydrogens (tertiary/aromatic N) is 3. The maximum atomic E-state index is 12.0. The summed E-state index contributed by atoms with van der Waals surface area (Å²) >= 11 is 4.79. The van der Waals surface area contributed by atoms with Crippen LogP contribution in [0.2, 0.25) is 0 Å². The molecule has 0 atom stereocenters. The van der Waals surface area contributed by atoms with Crippen molar-refractivity contribution in [1.29, 1.82) is 0 Å². The molecule has 0 aliphatic rings. The monoisotopic (exact) mass is 240 g/mol. The maximum absolute atomic E-state index is 12.0. The van der Waals surface area contributed by atoms with Crippen LogP contribution in [-0.4, -0.2) is 38.4 Å². The molecule has 1 aromatic rings. The molecule has 1 rings (SSSR count). The quantitative estimate of drug-likeness (QED) is 0.764. The highest BCUT2D eigenvalue weighted by molar-refractivity contribution is 7.80. The summed E-state index contributed by atoms with van der Waals surface area (Å²) in [6, 6.07) is 0. The van der Waals surface area contributed by atoms with Crippen LogP contribution in [0.3, 0.4) is 0 Å². The molecule has 0 aromatic carbocycles. The number of rotatable bonds is 5. The normalized spacial score (nSPS) is 10.1. The summed E-state index contributed by atoms with van der Waals surface area (Å²) in [6.45, 7) is 3.08. The zero-order chi connectivity index (χ0) is 12.1. The SMILES string of the molecule is CCN(CCC(N)=S)C(=O)c1cn(C)cn1. The molecule has 0 spiro atoms. The standard InChI is InChI=1S/C10H16N4OS/c1-3-14(5-4-9(11)16)10(15)8-6-13(2)7-12-8/h6-7H,3-5H2,1-2H3,(H2,11,16). The van der Waals surface area contributed by atoms with Crippen molar-refractivity contribution in [2.75, 3.05) is 13.1 Å². The molecule has 0 saturated carbocycles. The Kier molecular flexibility index (Phi) is 4.42. The Morgan fingerprint density at radius 3 is 2.81 bits per heavy atom. The van der Waals surface area contributed by atoms with Crippen LogP contribution in [0.4, 0.5) is 0 Å². The fraction of sp³-hybridized carbons (Fsp3) is 0.500. The van der Waals surface area contributed by atoms with Crippen LogP contribution >= 0.6 is 12.2 Å². The summed E-state index contributed by atoms with van der Waals surface area (Å²) in [7, 11) is 1.83. The van der Waals surface area contributed by atoms with Gasteiger partial charge in [0.05, 0.1) is 11.3 Å². The molecule has 0 unspecified atom stereocenters. The number of amides is 1. The van der Waals surface area contributed by atoms with E-state index in [1.54, 1.807) is 22.0 Å². The smallest absolute Gasteiger partial charge is 0.274 e. The van der Waals surface area contributed by atoms with E-state index in [4.69, 9.17) is 18.0 Å². The molecule has 1 amide bonds. The molecule has 0 fully saturated rings. The summed E-state index contributed by atoms with van der Waals surface area (Å²) in [5.74, 6) is -0.0839. The van der Waals surface area contributed by atoms with Crippen molar-refractivity contribution in [2.45, 2.75) is 13.3 Å². The fourth-order valence-electron chi connectivity index (χ4n) is 1.33. The second-order valence-corrected chi connectivity index (χ2v) is 4.05. The van der Waals surface area contributed by atoms with E-state index in [1.165, 1.54) is 0 Å². The van der Waals surface area contributed by atoms with Crippen LogP contribution in [0.5, 0.6) is 0 Å². The van der Waals surface area contributed by atoms with Crippen LogP contribution in [0.15, 0.2) is 12.5 Å². The number of thiocarbonyl (C=S) groups is 1. The second kappa shape index (κ2) is 5.60. The minimum Gasteiger partial charge on any atom is -0.393 e. The first kappa shape index (κ1) is 12.6. The van der Waals surface area contributed by atoms with Crippen molar-refractivity contribution in [1.82, 2.24) is 14.5 Å².